The summed E-state index contributed by atoms with van der Waals surface area (Å²) in [6.07, 6.45) is 5.74. The van der Waals surface area contributed by atoms with Crippen LogP contribution in [-0.4, -0.2) is 4.98 Å². The van der Waals surface area contributed by atoms with Crippen molar-refractivity contribution in [3.63, 3.8) is 0 Å². The van der Waals surface area contributed by atoms with Crippen molar-refractivity contribution in [3.05, 3.63) is 22.9 Å². The first-order valence-corrected chi connectivity index (χ1v) is 6.18. The highest BCUT2D eigenvalue weighted by molar-refractivity contribution is 5.54. The first-order valence-electron chi connectivity index (χ1n) is 6.18. The molecule has 4 nitrogen and oxygen atoms in total. The Morgan fingerprint density at radius 2 is 2.47 bits per heavy atom. The summed E-state index contributed by atoms with van der Waals surface area (Å²) in [5, 5.41) is 9.03. The van der Waals surface area contributed by atoms with Gasteiger partial charge < -0.3 is 5.43 Å². The van der Waals surface area contributed by atoms with Gasteiger partial charge in [0.15, 0.2) is 5.82 Å². The number of aromatic nitrogens is 1. The van der Waals surface area contributed by atoms with Crippen LogP contribution in [0.5, 0.6) is 0 Å². The van der Waals surface area contributed by atoms with E-state index in [0.29, 0.717) is 11.4 Å². The smallest absolute Gasteiger partial charge is 0.158 e. The number of aryl methyl sites for hydroxylation is 1. The molecule has 0 bridgehead atoms. The van der Waals surface area contributed by atoms with E-state index in [1.807, 2.05) is 6.07 Å². The van der Waals surface area contributed by atoms with Gasteiger partial charge in [0.2, 0.25) is 0 Å². The number of hydrogen-bond donors (Lipinski definition) is 2. The molecule has 1 aliphatic carbocycles. The lowest BCUT2D eigenvalue weighted by molar-refractivity contribution is 0.418. The average Bonchev–Trinajstić information content (AvgIpc) is 2.37. The third kappa shape index (κ3) is 2.40. The second-order valence-electron chi connectivity index (χ2n) is 4.64. The first-order chi connectivity index (χ1) is 8.28. The number of nitriles is 1. The molecule has 17 heavy (non-hydrogen) atoms. The molecule has 0 fully saturated rings. The largest absolute Gasteiger partial charge is 0.307 e. The molecule has 1 aliphatic rings. The molecule has 2 rings (SSSR count). The molecular weight excluding hydrogens is 212 g/mol. The number of nitrogen functional groups attached to an aromatic ring is 1. The zero-order valence-corrected chi connectivity index (χ0v) is 10.2. The SMILES string of the molecule is CCCC1CCc2nc(NN)c(C#N)cc2C1. The predicted molar refractivity (Wildman–Crippen MR) is 67.2 cm³/mol. The molecule has 0 aliphatic heterocycles. The molecule has 1 aromatic rings. The second kappa shape index (κ2) is 5.15. The number of hydrogen-bond acceptors (Lipinski definition) is 4. The molecule has 3 N–H and O–H groups in total. The maximum atomic E-state index is 9.03. The van der Waals surface area contributed by atoms with Crippen molar-refractivity contribution in [2.24, 2.45) is 11.8 Å². The van der Waals surface area contributed by atoms with Crippen molar-refractivity contribution >= 4 is 5.82 Å². The third-order valence-corrected chi connectivity index (χ3v) is 3.44. The van der Waals surface area contributed by atoms with E-state index < -0.39 is 0 Å². The maximum absolute atomic E-state index is 9.03. The lowest BCUT2D eigenvalue weighted by atomic mass is 9.83. The molecule has 0 saturated heterocycles. The summed E-state index contributed by atoms with van der Waals surface area (Å²) < 4.78 is 0. The van der Waals surface area contributed by atoms with Gasteiger partial charge in [-0.25, -0.2) is 10.8 Å². The Kier molecular flexibility index (Phi) is 3.60. The highest BCUT2D eigenvalue weighted by Crippen LogP contribution is 2.29. The minimum Gasteiger partial charge on any atom is -0.307 e. The van der Waals surface area contributed by atoms with Gasteiger partial charge >= 0.3 is 0 Å². The van der Waals surface area contributed by atoms with Crippen molar-refractivity contribution in [1.29, 1.82) is 5.26 Å². The Balaban J connectivity index is 2.29. The molecule has 0 radical (unpaired) electrons. The van der Waals surface area contributed by atoms with Crippen LogP contribution in [0.2, 0.25) is 0 Å². The van der Waals surface area contributed by atoms with Gasteiger partial charge in [0, 0.05) is 5.69 Å². The van der Waals surface area contributed by atoms with Crippen molar-refractivity contribution in [1.82, 2.24) is 4.98 Å². The number of nitrogens with one attached hydrogen (secondary N) is 1. The van der Waals surface area contributed by atoms with E-state index in [1.54, 1.807) is 0 Å². The van der Waals surface area contributed by atoms with Gasteiger partial charge in [-0.05, 0) is 36.8 Å². The summed E-state index contributed by atoms with van der Waals surface area (Å²) in [6.45, 7) is 2.22. The zero-order chi connectivity index (χ0) is 12.3. The average molecular weight is 230 g/mol. The molecular formula is C13H18N4. The molecule has 1 heterocycles. The van der Waals surface area contributed by atoms with Crippen LogP contribution in [0, 0.1) is 17.2 Å². The van der Waals surface area contributed by atoms with Crippen LogP contribution in [0.25, 0.3) is 0 Å². The molecule has 0 aromatic carbocycles. The van der Waals surface area contributed by atoms with Crippen LogP contribution >= 0.6 is 0 Å². The fourth-order valence-electron chi connectivity index (χ4n) is 2.59. The van der Waals surface area contributed by atoms with E-state index >= 15 is 0 Å². The summed E-state index contributed by atoms with van der Waals surface area (Å²) in [5.74, 6) is 6.62. The van der Waals surface area contributed by atoms with Gasteiger partial charge in [-0.15, -0.1) is 0 Å². The summed E-state index contributed by atoms with van der Waals surface area (Å²) >= 11 is 0. The lowest BCUT2D eigenvalue weighted by Crippen LogP contribution is -2.18. The monoisotopic (exact) mass is 230 g/mol. The molecule has 1 unspecified atom stereocenters. The normalized spacial score (nSPS) is 18.3. The van der Waals surface area contributed by atoms with E-state index in [1.165, 1.54) is 24.8 Å². The summed E-state index contributed by atoms with van der Waals surface area (Å²) in [6, 6.07) is 4.08. The Hall–Kier alpha value is -1.60. The van der Waals surface area contributed by atoms with E-state index in [9.17, 15) is 0 Å². The van der Waals surface area contributed by atoms with Crippen LogP contribution in [0.3, 0.4) is 0 Å². The maximum Gasteiger partial charge on any atom is 0.158 e. The Labute approximate surface area is 102 Å². The van der Waals surface area contributed by atoms with Crippen molar-refractivity contribution < 1.29 is 0 Å². The van der Waals surface area contributed by atoms with E-state index in [0.717, 1.165) is 24.5 Å². The quantitative estimate of drug-likeness (QED) is 0.616. The standard InChI is InChI=1S/C13H18N4/c1-2-3-9-4-5-12-10(6-9)7-11(8-14)13(16-12)17-15/h7,9H,2-6,15H2,1H3,(H,16,17). The Morgan fingerprint density at radius 1 is 1.65 bits per heavy atom. The van der Waals surface area contributed by atoms with Crippen LogP contribution in [0.1, 0.15) is 43.0 Å². The van der Waals surface area contributed by atoms with Crippen LogP contribution in [-0.2, 0) is 12.8 Å². The molecule has 90 valence electrons. The molecule has 1 atom stereocenters. The fourth-order valence-corrected chi connectivity index (χ4v) is 2.59. The van der Waals surface area contributed by atoms with Gasteiger partial charge in [0.05, 0.1) is 5.56 Å². The molecule has 4 heteroatoms. The van der Waals surface area contributed by atoms with Crippen LogP contribution < -0.4 is 11.3 Å². The zero-order valence-electron chi connectivity index (χ0n) is 10.2. The van der Waals surface area contributed by atoms with Gasteiger partial charge in [0.25, 0.3) is 0 Å². The summed E-state index contributed by atoms with van der Waals surface area (Å²) in [5.41, 5.74) is 5.37. The third-order valence-electron chi connectivity index (χ3n) is 3.44. The van der Waals surface area contributed by atoms with Crippen LogP contribution in [0.4, 0.5) is 5.82 Å². The molecule has 0 spiro atoms. The molecule has 0 saturated carbocycles. The van der Waals surface area contributed by atoms with E-state index in [4.69, 9.17) is 11.1 Å². The summed E-state index contributed by atoms with van der Waals surface area (Å²) in [4.78, 5) is 4.44. The van der Waals surface area contributed by atoms with Gasteiger partial charge in [-0.2, -0.15) is 5.26 Å². The number of anilines is 1. The van der Waals surface area contributed by atoms with Gasteiger partial charge in [-0.1, -0.05) is 19.8 Å². The number of pyridine rings is 1. The minimum atomic E-state index is 0.500. The highest BCUT2D eigenvalue weighted by Gasteiger charge is 2.20. The fraction of sp³-hybridized carbons (Fsp3) is 0.538. The second-order valence-corrected chi connectivity index (χ2v) is 4.64. The van der Waals surface area contributed by atoms with Crippen molar-refractivity contribution in [3.8, 4) is 6.07 Å². The molecule has 1 aromatic heterocycles. The number of hydrazine groups is 1. The predicted octanol–water partition coefficient (Wildman–Crippen LogP) is 2.14. The van der Waals surface area contributed by atoms with Crippen LogP contribution in [0.15, 0.2) is 6.07 Å². The number of nitrogens with two attached hydrogens (primary N) is 1. The Morgan fingerprint density at radius 3 is 3.12 bits per heavy atom. The minimum absolute atomic E-state index is 0.500. The summed E-state index contributed by atoms with van der Waals surface area (Å²) in [7, 11) is 0. The number of fused-ring (bicyclic) bond motifs is 1. The van der Waals surface area contributed by atoms with Gasteiger partial charge in [0.1, 0.15) is 6.07 Å². The van der Waals surface area contributed by atoms with E-state index in [-0.39, 0.29) is 0 Å². The highest BCUT2D eigenvalue weighted by atomic mass is 15.2. The molecule has 0 amide bonds. The first kappa shape index (κ1) is 11.9. The van der Waals surface area contributed by atoms with E-state index in [2.05, 4.69) is 23.4 Å². The Bertz CT molecular complexity index is 447. The number of rotatable bonds is 3. The van der Waals surface area contributed by atoms with Gasteiger partial charge in [-0.3, -0.25) is 0 Å². The lowest BCUT2D eigenvalue weighted by Gasteiger charge is -2.24. The topological polar surface area (TPSA) is 74.7 Å². The van der Waals surface area contributed by atoms with Crippen molar-refractivity contribution in [2.45, 2.75) is 39.0 Å². The van der Waals surface area contributed by atoms with Crippen molar-refractivity contribution in [2.75, 3.05) is 5.43 Å². The number of nitrogens with zero attached hydrogens (tertiary/aromatic N) is 2.